The highest BCUT2D eigenvalue weighted by Gasteiger charge is 2.33. The van der Waals surface area contributed by atoms with Crippen LogP contribution in [-0.2, 0) is 14.8 Å². The number of nitrogens with zero attached hydrogens (tertiary/aromatic N) is 2. The van der Waals surface area contributed by atoms with E-state index in [1.54, 1.807) is 6.07 Å². The molecule has 10 heteroatoms. The lowest BCUT2D eigenvalue weighted by Gasteiger charge is -2.30. The molecule has 2 heterocycles. The lowest BCUT2D eigenvalue weighted by molar-refractivity contribution is -0.120. The zero-order chi connectivity index (χ0) is 20.6. The van der Waals surface area contributed by atoms with Crippen molar-refractivity contribution in [1.82, 2.24) is 9.29 Å². The second kappa shape index (κ2) is 7.77. The number of benzene rings is 2. The molecule has 3 aromatic rings. The Hall–Kier alpha value is -2.43. The summed E-state index contributed by atoms with van der Waals surface area (Å²) in [6.07, 6.45) is 0.637. The number of piperidine rings is 1. The SMILES string of the molecule is O=C(Nc1nc2ccc(F)cc2s1)C1CCN(S(=O)(=O)c2ccccc2F)CC1. The lowest BCUT2D eigenvalue weighted by atomic mass is 9.97. The van der Waals surface area contributed by atoms with Crippen molar-refractivity contribution in [2.75, 3.05) is 18.4 Å². The standard InChI is InChI=1S/C19H17F2N3O3S2/c20-13-5-6-15-16(11-13)28-19(22-15)23-18(25)12-7-9-24(10-8-12)29(26,27)17-4-2-1-3-14(17)21/h1-6,11-12H,7-10H2,(H,22,23,25). The van der Waals surface area contributed by atoms with Crippen LogP contribution in [0.15, 0.2) is 47.4 Å². The smallest absolute Gasteiger partial charge is 0.245 e. The normalized spacial score (nSPS) is 16.2. The lowest BCUT2D eigenvalue weighted by Crippen LogP contribution is -2.41. The van der Waals surface area contributed by atoms with Gasteiger partial charge >= 0.3 is 0 Å². The summed E-state index contributed by atoms with van der Waals surface area (Å²) in [5.74, 6) is -1.81. The molecule has 0 radical (unpaired) electrons. The number of nitrogens with one attached hydrogen (secondary N) is 1. The summed E-state index contributed by atoms with van der Waals surface area (Å²) in [6.45, 7) is 0.250. The summed E-state index contributed by atoms with van der Waals surface area (Å²) in [7, 11) is -3.94. The maximum atomic E-state index is 13.9. The molecule has 0 bridgehead atoms. The number of anilines is 1. The Morgan fingerprint density at radius 3 is 2.59 bits per heavy atom. The second-order valence-corrected chi connectivity index (χ2v) is 9.67. The van der Waals surface area contributed by atoms with Gasteiger partial charge in [-0.1, -0.05) is 23.5 Å². The van der Waals surface area contributed by atoms with Crippen LogP contribution in [0.2, 0.25) is 0 Å². The minimum atomic E-state index is -3.94. The largest absolute Gasteiger partial charge is 0.302 e. The predicted molar refractivity (Wildman–Crippen MR) is 106 cm³/mol. The minimum absolute atomic E-state index is 0.125. The Labute approximate surface area is 170 Å². The van der Waals surface area contributed by atoms with E-state index in [4.69, 9.17) is 0 Å². The maximum absolute atomic E-state index is 13.9. The summed E-state index contributed by atoms with van der Waals surface area (Å²) in [6, 6.07) is 9.45. The average molecular weight is 437 g/mol. The van der Waals surface area contributed by atoms with Crippen LogP contribution < -0.4 is 5.32 Å². The summed E-state index contributed by atoms with van der Waals surface area (Å²) in [4.78, 5) is 16.5. The van der Waals surface area contributed by atoms with Crippen molar-refractivity contribution in [1.29, 1.82) is 0 Å². The summed E-state index contributed by atoms with van der Waals surface area (Å²) in [5, 5.41) is 3.11. The molecule has 1 aromatic heterocycles. The number of carbonyl (C=O) groups excluding carboxylic acids is 1. The topological polar surface area (TPSA) is 79.4 Å². The fraction of sp³-hybridized carbons (Fsp3) is 0.263. The monoisotopic (exact) mass is 437 g/mol. The number of fused-ring (bicyclic) bond motifs is 1. The van der Waals surface area contributed by atoms with Crippen LogP contribution in [-0.4, -0.2) is 36.7 Å². The van der Waals surface area contributed by atoms with Gasteiger partial charge in [0.2, 0.25) is 15.9 Å². The second-order valence-electron chi connectivity index (χ2n) is 6.73. The molecule has 6 nitrogen and oxygen atoms in total. The zero-order valence-corrected chi connectivity index (χ0v) is 16.8. The average Bonchev–Trinajstić information content (AvgIpc) is 3.09. The fourth-order valence-corrected chi connectivity index (χ4v) is 5.74. The van der Waals surface area contributed by atoms with E-state index in [9.17, 15) is 22.0 Å². The van der Waals surface area contributed by atoms with E-state index in [0.29, 0.717) is 28.2 Å². The molecular weight excluding hydrogens is 420 g/mol. The first-order valence-corrected chi connectivity index (χ1v) is 11.2. The third kappa shape index (κ3) is 4.00. The fourth-order valence-electron chi connectivity index (χ4n) is 3.31. The van der Waals surface area contributed by atoms with Gasteiger partial charge in [-0.2, -0.15) is 4.31 Å². The molecule has 1 aliphatic rings. The van der Waals surface area contributed by atoms with E-state index in [1.165, 1.54) is 46.0 Å². The van der Waals surface area contributed by atoms with Crippen molar-refractivity contribution < 1.29 is 22.0 Å². The molecule has 152 valence electrons. The summed E-state index contributed by atoms with van der Waals surface area (Å²) < 4.78 is 54.3. The maximum Gasteiger partial charge on any atom is 0.245 e. The molecule has 4 rings (SSSR count). The number of sulfonamides is 1. The number of thiazole rings is 1. The number of hydrogen-bond acceptors (Lipinski definition) is 5. The molecule has 29 heavy (non-hydrogen) atoms. The number of halogens is 2. The van der Waals surface area contributed by atoms with Crippen LogP contribution >= 0.6 is 11.3 Å². The van der Waals surface area contributed by atoms with Gasteiger partial charge in [0.15, 0.2) is 5.13 Å². The van der Waals surface area contributed by atoms with Gasteiger partial charge in [-0.05, 0) is 43.2 Å². The van der Waals surface area contributed by atoms with Crippen LogP contribution in [0.5, 0.6) is 0 Å². The van der Waals surface area contributed by atoms with Crippen molar-refractivity contribution >= 4 is 42.6 Å². The van der Waals surface area contributed by atoms with Crippen LogP contribution in [0, 0.1) is 17.6 Å². The first-order chi connectivity index (χ1) is 13.8. The molecule has 0 aliphatic carbocycles. The summed E-state index contributed by atoms with van der Waals surface area (Å²) in [5.41, 5.74) is 0.595. The van der Waals surface area contributed by atoms with E-state index < -0.39 is 15.8 Å². The van der Waals surface area contributed by atoms with Gasteiger partial charge in [-0.15, -0.1) is 0 Å². The number of carbonyl (C=O) groups is 1. The highest BCUT2D eigenvalue weighted by atomic mass is 32.2. The van der Waals surface area contributed by atoms with Gasteiger partial charge in [0.05, 0.1) is 10.2 Å². The Morgan fingerprint density at radius 2 is 1.86 bits per heavy atom. The third-order valence-electron chi connectivity index (χ3n) is 4.86. The van der Waals surface area contributed by atoms with Gasteiger partial charge in [0.25, 0.3) is 0 Å². The zero-order valence-electron chi connectivity index (χ0n) is 15.1. The van der Waals surface area contributed by atoms with E-state index in [2.05, 4.69) is 10.3 Å². The van der Waals surface area contributed by atoms with Crippen molar-refractivity contribution in [3.05, 3.63) is 54.1 Å². The van der Waals surface area contributed by atoms with Gasteiger partial charge in [-0.25, -0.2) is 22.2 Å². The molecule has 2 aromatic carbocycles. The van der Waals surface area contributed by atoms with E-state index >= 15 is 0 Å². The molecule has 1 fully saturated rings. The Bertz CT molecular complexity index is 1170. The van der Waals surface area contributed by atoms with Crippen molar-refractivity contribution in [3.63, 3.8) is 0 Å². The quantitative estimate of drug-likeness (QED) is 0.676. The Balaban J connectivity index is 1.41. The van der Waals surface area contributed by atoms with E-state index in [-0.39, 0.29) is 35.6 Å². The Kier molecular flexibility index (Phi) is 5.32. The molecule has 1 amide bonds. The van der Waals surface area contributed by atoms with Crippen LogP contribution in [0.3, 0.4) is 0 Å². The molecule has 0 unspecified atom stereocenters. The summed E-state index contributed by atoms with van der Waals surface area (Å²) >= 11 is 1.18. The van der Waals surface area contributed by atoms with E-state index in [1.807, 2.05) is 0 Å². The van der Waals surface area contributed by atoms with Gasteiger partial charge in [-0.3, -0.25) is 4.79 Å². The molecule has 1 aliphatic heterocycles. The van der Waals surface area contributed by atoms with Gasteiger partial charge < -0.3 is 5.32 Å². The van der Waals surface area contributed by atoms with Crippen LogP contribution in [0.1, 0.15) is 12.8 Å². The number of amides is 1. The van der Waals surface area contributed by atoms with E-state index in [0.717, 1.165) is 6.07 Å². The number of aromatic nitrogens is 1. The first-order valence-electron chi connectivity index (χ1n) is 8.96. The molecule has 0 atom stereocenters. The van der Waals surface area contributed by atoms with Crippen molar-refractivity contribution in [3.8, 4) is 0 Å². The highest BCUT2D eigenvalue weighted by Crippen LogP contribution is 2.29. The van der Waals surface area contributed by atoms with Crippen LogP contribution in [0.25, 0.3) is 10.2 Å². The first kappa shape index (κ1) is 19.9. The molecule has 1 saturated heterocycles. The third-order valence-corrected chi connectivity index (χ3v) is 7.73. The predicted octanol–water partition coefficient (Wildman–Crippen LogP) is 3.61. The Morgan fingerprint density at radius 1 is 1.14 bits per heavy atom. The number of rotatable bonds is 4. The molecule has 1 N–H and O–H groups in total. The molecule has 0 spiro atoms. The van der Waals surface area contributed by atoms with Crippen molar-refractivity contribution in [2.45, 2.75) is 17.7 Å². The van der Waals surface area contributed by atoms with Gasteiger partial charge in [0, 0.05) is 19.0 Å². The number of hydrogen-bond donors (Lipinski definition) is 1. The molecule has 0 saturated carbocycles. The van der Waals surface area contributed by atoms with Gasteiger partial charge in [0.1, 0.15) is 16.5 Å². The minimum Gasteiger partial charge on any atom is -0.302 e. The molecular formula is C19H17F2N3O3S2. The highest BCUT2D eigenvalue weighted by molar-refractivity contribution is 7.89. The van der Waals surface area contributed by atoms with Crippen molar-refractivity contribution in [2.24, 2.45) is 5.92 Å². The van der Waals surface area contributed by atoms with Crippen LogP contribution in [0.4, 0.5) is 13.9 Å².